The average molecular weight is 494 g/mol. The van der Waals surface area contributed by atoms with Gasteiger partial charge in [0.25, 0.3) is 14.3 Å². The highest BCUT2D eigenvalue weighted by Crippen LogP contribution is 2.25. The molecule has 0 rings (SSSR count). The molecular formula is C22H51NO5Si3. The Morgan fingerprint density at radius 2 is 1.29 bits per heavy atom. The summed E-state index contributed by atoms with van der Waals surface area (Å²) in [7, 11) is -6.15. The van der Waals surface area contributed by atoms with E-state index in [1.165, 1.54) is 0 Å². The molecule has 0 heterocycles. The van der Waals surface area contributed by atoms with Crippen LogP contribution in [0, 0.1) is 5.92 Å². The third kappa shape index (κ3) is 10.6. The van der Waals surface area contributed by atoms with Crippen LogP contribution in [-0.2, 0) is 22.5 Å². The number of rotatable bonds is 18. The maximum absolute atomic E-state index is 12.9. The SMILES string of the molecule is CCO[Si](CCCN(CC(C)C(=O)O[Si](CC)(CC)CC)[Si](C)(C)C)(OCC)OCC. The van der Waals surface area contributed by atoms with Gasteiger partial charge in [0.2, 0.25) is 0 Å². The standard InChI is InChI=1S/C22H51NO5Si3/c1-11-25-31(26-12-2,27-13-3)19-17-18-23(29(8,9)10)20-21(7)22(24)28-30(14-4,15-5)16-6/h21H,11-20H2,1-10H3. The number of nitrogens with zero attached hydrogens (tertiary/aromatic N) is 1. The summed E-state index contributed by atoms with van der Waals surface area (Å²) in [5.74, 6) is -0.127. The Hall–Kier alpha value is -0.0394. The molecule has 0 saturated carbocycles. The first-order valence-corrected chi connectivity index (χ1v) is 20.3. The van der Waals surface area contributed by atoms with Crippen LogP contribution in [0.2, 0.25) is 43.8 Å². The second-order valence-corrected chi connectivity index (χ2v) is 21.7. The van der Waals surface area contributed by atoms with Gasteiger partial charge in [-0.3, -0.25) is 4.79 Å². The van der Waals surface area contributed by atoms with E-state index in [9.17, 15) is 4.79 Å². The van der Waals surface area contributed by atoms with Crippen molar-refractivity contribution in [2.45, 2.75) is 98.7 Å². The molecule has 0 N–H and O–H groups in total. The van der Waals surface area contributed by atoms with Crippen molar-refractivity contribution in [2.75, 3.05) is 32.9 Å². The van der Waals surface area contributed by atoms with Crippen molar-refractivity contribution in [3.8, 4) is 0 Å². The van der Waals surface area contributed by atoms with Gasteiger partial charge in [-0.1, -0.05) is 47.3 Å². The van der Waals surface area contributed by atoms with Gasteiger partial charge in [-0.05, 0) is 51.9 Å². The van der Waals surface area contributed by atoms with Crippen LogP contribution in [0.25, 0.3) is 0 Å². The topological polar surface area (TPSA) is 57.2 Å². The first-order valence-electron chi connectivity index (χ1n) is 12.4. The number of carbonyl (C=O) groups is 1. The zero-order valence-electron chi connectivity index (χ0n) is 22.1. The summed E-state index contributed by atoms with van der Waals surface area (Å²) < 4.78 is 26.7. The van der Waals surface area contributed by atoms with E-state index in [-0.39, 0.29) is 11.9 Å². The monoisotopic (exact) mass is 493 g/mol. The molecule has 186 valence electrons. The zero-order chi connectivity index (χ0) is 24.1. The van der Waals surface area contributed by atoms with Crippen molar-refractivity contribution in [3.05, 3.63) is 0 Å². The molecule has 0 aromatic heterocycles. The van der Waals surface area contributed by atoms with Crippen LogP contribution in [0.5, 0.6) is 0 Å². The summed E-state index contributed by atoms with van der Waals surface area (Å²) in [5, 5.41) is 0. The lowest BCUT2D eigenvalue weighted by atomic mass is 10.2. The average Bonchev–Trinajstić information content (AvgIpc) is 2.71. The normalized spacial score (nSPS) is 14.2. The first kappa shape index (κ1) is 31.0. The fourth-order valence-electron chi connectivity index (χ4n) is 3.87. The van der Waals surface area contributed by atoms with Crippen LogP contribution in [0.1, 0.15) is 54.9 Å². The van der Waals surface area contributed by atoms with Crippen LogP contribution in [0.3, 0.4) is 0 Å². The lowest BCUT2D eigenvalue weighted by molar-refractivity contribution is -0.139. The number of carbonyl (C=O) groups excluding carboxylic acids is 1. The lowest BCUT2D eigenvalue weighted by Crippen LogP contribution is -2.51. The van der Waals surface area contributed by atoms with Crippen molar-refractivity contribution in [2.24, 2.45) is 5.92 Å². The summed E-state index contributed by atoms with van der Waals surface area (Å²) in [6.07, 6.45) is 0.940. The second kappa shape index (κ2) is 15.0. The third-order valence-corrected chi connectivity index (χ3v) is 16.1. The van der Waals surface area contributed by atoms with Crippen molar-refractivity contribution in [3.63, 3.8) is 0 Å². The Kier molecular flexibility index (Phi) is 15.0. The van der Waals surface area contributed by atoms with Crippen molar-refractivity contribution in [1.29, 1.82) is 0 Å². The summed E-state index contributed by atoms with van der Waals surface area (Å²) in [6, 6.07) is 3.79. The fourth-order valence-corrected chi connectivity index (χ4v) is 10.7. The zero-order valence-corrected chi connectivity index (χ0v) is 25.1. The van der Waals surface area contributed by atoms with Crippen LogP contribution < -0.4 is 0 Å². The summed E-state index contributed by atoms with van der Waals surface area (Å²) in [4.78, 5) is 12.9. The number of hydrogen-bond acceptors (Lipinski definition) is 6. The van der Waals surface area contributed by atoms with Crippen molar-refractivity contribution < 1.29 is 22.5 Å². The maximum atomic E-state index is 12.9. The van der Waals surface area contributed by atoms with Crippen LogP contribution in [0.15, 0.2) is 0 Å². The molecule has 9 heteroatoms. The molecule has 0 aromatic carbocycles. The van der Waals surface area contributed by atoms with Crippen LogP contribution >= 0.6 is 0 Å². The van der Waals surface area contributed by atoms with E-state index in [4.69, 9.17) is 17.7 Å². The van der Waals surface area contributed by atoms with Gasteiger partial charge in [0.15, 0.2) is 0 Å². The molecule has 6 nitrogen and oxygen atoms in total. The van der Waals surface area contributed by atoms with E-state index < -0.39 is 25.4 Å². The smallest absolute Gasteiger partial charge is 0.500 e. The molecule has 0 amide bonds. The van der Waals surface area contributed by atoms with Gasteiger partial charge >= 0.3 is 8.80 Å². The Morgan fingerprint density at radius 1 is 0.839 bits per heavy atom. The molecule has 0 spiro atoms. The molecule has 0 aliphatic rings. The second-order valence-electron chi connectivity index (χ2n) is 9.27. The Bertz CT molecular complexity index is 473. The van der Waals surface area contributed by atoms with E-state index in [1.54, 1.807) is 0 Å². The van der Waals surface area contributed by atoms with Gasteiger partial charge in [0.05, 0.1) is 5.92 Å². The quantitative estimate of drug-likeness (QED) is 0.227. The highest BCUT2D eigenvalue weighted by molar-refractivity contribution is 6.75. The maximum Gasteiger partial charge on any atom is 0.500 e. The highest BCUT2D eigenvalue weighted by atomic mass is 28.4. The minimum atomic E-state index is -2.63. The molecule has 1 atom stereocenters. The number of hydrogen-bond donors (Lipinski definition) is 0. The van der Waals surface area contributed by atoms with Gasteiger partial charge in [-0.2, -0.15) is 0 Å². The summed E-state index contributed by atoms with van der Waals surface area (Å²) in [5.41, 5.74) is 0. The molecular weight excluding hydrogens is 443 g/mol. The van der Waals surface area contributed by atoms with E-state index in [1.807, 2.05) is 27.7 Å². The molecule has 0 radical (unpaired) electrons. The van der Waals surface area contributed by atoms with Gasteiger partial charge in [-0.15, -0.1) is 0 Å². The molecule has 0 aromatic rings. The molecule has 0 saturated heterocycles. The summed E-state index contributed by atoms with van der Waals surface area (Å²) in [6.45, 7) is 25.0. The van der Waals surface area contributed by atoms with Crippen LogP contribution in [-0.4, -0.2) is 68.8 Å². The predicted molar refractivity (Wildman–Crippen MR) is 137 cm³/mol. The van der Waals surface area contributed by atoms with Gasteiger partial charge in [-0.25, -0.2) is 0 Å². The predicted octanol–water partition coefficient (Wildman–Crippen LogP) is 5.75. The van der Waals surface area contributed by atoms with E-state index >= 15 is 0 Å². The van der Waals surface area contributed by atoms with Gasteiger partial charge in [0, 0.05) is 32.4 Å². The Balaban J connectivity index is 5.14. The lowest BCUT2D eigenvalue weighted by Gasteiger charge is -2.37. The highest BCUT2D eigenvalue weighted by Gasteiger charge is 2.40. The largest absolute Gasteiger partial charge is 0.519 e. The van der Waals surface area contributed by atoms with Crippen molar-refractivity contribution in [1.82, 2.24) is 4.57 Å². The van der Waals surface area contributed by atoms with E-state index in [0.29, 0.717) is 19.8 Å². The molecule has 0 bridgehead atoms. The molecule has 1 unspecified atom stereocenters. The van der Waals surface area contributed by atoms with E-state index in [2.05, 4.69) is 45.0 Å². The van der Waals surface area contributed by atoms with Crippen LogP contribution in [0.4, 0.5) is 0 Å². The molecule has 0 fully saturated rings. The molecule has 0 aliphatic heterocycles. The van der Waals surface area contributed by atoms with Crippen molar-refractivity contribution >= 4 is 31.3 Å². The fraction of sp³-hybridized carbons (Fsp3) is 0.955. The third-order valence-electron chi connectivity index (χ3n) is 6.10. The summed E-state index contributed by atoms with van der Waals surface area (Å²) >= 11 is 0. The Morgan fingerprint density at radius 3 is 1.65 bits per heavy atom. The molecule has 0 aliphatic carbocycles. The van der Waals surface area contributed by atoms with E-state index in [0.717, 1.165) is 43.7 Å². The first-order chi connectivity index (χ1) is 14.5. The Labute approximate surface area is 195 Å². The van der Waals surface area contributed by atoms with Gasteiger partial charge < -0.3 is 22.3 Å². The minimum Gasteiger partial charge on any atom is -0.519 e. The molecule has 31 heavy (non-hydrogen) atoms. The van der Waals surface area contributed by atoms with Gasteiger partial charge in [0.1, 0.15) is 8.24 Å². The minimum absolute atomic E-state index is 0.0119.